The van der Waals surface area contributed by atoms with E-state index in [-0.39, 0.29) is 0 Å². The molecular weight excluding hydrogens is 184 g/mol. The lowest BCUT2D eigenvalue weighted by Crippen LogP contribution is -2.37. The van der Waals surface area contributed by atoms with Gasteiger partial charge >= 0.3 is 0 Å². The maximum atomic E-state index is 6.04. The third-order valence-corrected chi connectivity index (χ3v) is 4.49. The zero-order chi connectivity index (χ0) is 10.7. The average Bonchev–Trinajstić information content (AvgIpc) is 2.59. The van der Waals surface area contributed by atoms with E-state index in [1.807, 2.05) is 0 Å². The Hall–Kier alpha value is -0.0800. The first kappa shape index (κ1) is 11.4. The molecule has 0 aromatic carbocycles. The van der Waals surface area contributed by atoms with Crippen LogP contribution in [0.25, 0.3) is 0 Å². The Balaban J connectivity index is 1.68. The molecular formula is C13H26N2. The molecule has 88 valence electrons. The van der Waals surface area contributed by atoms with Crippen molar-refractivity contribution in [1.82, 2.24) is 4.90 Å². The van der Waals surface area contributed by atoms with Crippen LogP contribution in [0.4, 0.5) is 0 Å². The van der Waals surface area contributed by atoms with Gasteiger partial charge in [0.05, 0.1) is 0 Å². The van der Waals surface area contributed by atoms with Crippen molar-refractivity contribution in [3.8, 4) is 0 Å². The zero-order valence-electron chi connectivity index (χ0n) is 10.1. The normalized spacial score (nSPS) is 34.8. The molecule has 1 aliphatic heterocycles. The van der Waals surface area contributed by atoms with E-state index < -0.39 is 0 Å². The van der Waals surface area contributed by atoms with E-state index in [0.29, 0.717) is 12.1 Å². The molecule has 2 unspecified atom stereocenters. The van der Waals surface area contributed by atoms with Crippen molar-refractivity contribution >= 4 is 0 Å². The van der Waals surface area contributed by atoms with E-state index in [2.05, 4.69) is 11.8 Å². The molecule has 0 aromatic heterocycles. The van der Waals surface area contributed by atoms with Gasteiger partial charge in [-0.3, -0.25) is 4.90 Å². The first-order chi connectivity index (χ1) is 7.27. The molecule has 0 radical (unpaired) electrons. The van der Waals surface area contributed by atoms with Crippen LogP contribution in [-0.2, 0) is 0 Å². The first-order valence-corrected chi connectivity index (χ1v) is 6.77. The Bertz CT molecular complexity index is 187. The van der Waals surface area contributed by atoms with Crippen LogP contribution >= 0.6 is 0 Å². The fourth-order valence-electron chi connectivity index (χ4n) is 3.17. The lowest BCUT2D eigenvalue weighted by atomic mass is 9.87. The first-order valence-electron chi connectivity index (χ1n) is 6.77. The predicted octanol–water partition coefficient (Wildman–Crippen LogP) is 2.38. The van der Waals surface area contributed by atoms with Gasteiger partial charge < -0.3 is 5.73 Å². The SMILES string of the molecule is CC1C(N)CCN1CCC1CCCCC1. The van der Waals surface area contributed by atoms with E-state index >= 15 is 0 Å². The van der Waals surface area contributed by atoms with E-state index in [0.717, 1.165) is 5.92 Å². The van der Waals surface area contributed by atoms with Gasteiger partial charge in [-0.2, -0.15) is 0 Å². The Labute approximate surface area is 94.2 Å². The molecule has 2 N–H and O–H groups in total. The average molecular weight is 210 g/mol. The van der Waals surface area contributed by atoms with E-state index in [9.17, 15) is 0 Å². The number of rotatable bonds is 3. The quantitative estimate of drug-likeness (QED) is 0.775. The second-order valence-electron chi connectivity index (χ2n) is 5.52. The molecule has 1 aliphatic carbocycles. The van der Waals surface area contributed by atoms with Crippen LogP contribution in [-0.4, -0.2) is 30.1 Å². The van der Waals surface area contributed by atoms with E-state index in [4.69, 9.17) is 5.73 Å². The standard InChI is InChI=1S/C13H26N2/c1-11-13(14)8-10-15(11)9-7-12-5-3-2-4-6-12/h11-13H,2-10,14H2,1H3. The van der Waals surface area contributed by atoms with Crippen molar-refractivity contribution in [3.05, 3.63) is 0 Å². The summed E-state index contributed by atoms with van der Waals surface area (Å²) in [6.45, 7) is 4.81. The van der Waals surface area contributed by atoms with Crippen molar-refractivity contribution in [1.29, 1.82) is 0 Å². The molecule has 2 fully saturated rings. The van der Waals surface area contributed by atoms with Crippen molar-refractivity contribution < 1.29 is 0 Å². The van der Waals surface area contributed by atoms with Crippen LogP contribution in [0.15, 0.2) is 0 Å². The van der Waals surface area contributed by atoms with Crippen LogP contribution in [0, 0.1) is 5.92 Å². The Kier molecular flexibility index (Phi) is 4.04. The number of nitrogens with two attached hydrogens (primary N) is 1. The Morgan fingerprint density at radius 3 is 2.47 bits per heavy atom. The molecule has 0 aromatic rings. The van der Waals surface area contributed by atoms with Gasteiger partial charge in [-0.25, -0.2) is 0 Å². The summed E-state index contributed by atoms with van der Waals surface area (Å²) in [5, 5.41) is 0. The maximum Gasteiger partial charge on any atom is 0.0219 e. The summed E-state index contributed by atoms with van der Waals surface area (Å²) in [7, 11) is 0. The molecule has 0 amide bonds. The van der Waals surface area contributed by atoms with E-state index in [1.165, 1.54) is 58.0 Å². The fourth-order valence-corrected chi connectivity index (χ4v) is 3.17. The van der Waals surface area contributed by atoms with Gasteiger partial charge in [0, 0.05) is 18.6 Å². The van der Waals surface area contributed by atoms with Gasteiger partial charge in [0.1, 0.15) is 0 Å². The number of hydrogen-bond acceptors (Lipinski definition) is 2. The van der Waals surface area contributed by atoms with E-state index in [1.54, 1.807) is 0 Å². The van der Waals surface area contributed by atoms with Crippen molar-refractivity contribution in [2.24, 2.45) is 11.7 Å². The summed E-state index contributed by atoms with van der Waals surface area (Å²) in [5.74, 6) is 1.02. The molecule has 2 rings (SSSR count). The molecule has 2 atom stereocenters. The van der Waals surface area contributed by atoms with Gasteiger partial charge in [-0.15, -0.1) is 0 Å². The highest BCUT2D eigenvalue weighted by Gasteiger charge is 2.27. The highest BCUT2D eigenvalue weighted by Crippen LogP contribution is 2.27. The molecule has 1 saturated heterocycles. The molecule has 1 saturated carbocycles. The molecule has 1 heterocycles. The van der Waals surface area contributed by atoms with Gasteiger partial charge in [0.25, 0.3) is 0 Å². The summed E-state index contributed by atoms with van der Waals surface area (Å²) >= 11 is 0. The molecule has 0 bridgehead atoms. The third-order valence-electron chi connectivity index (χ3n) is 4.49. The lowest BCUT2D eigenvalue weighted by Gasteiger charge is -2.27. The minimum absolute atomic E-state index is 0.427. The monoisotopic (exact) mass is 210 g/mol. The lowest BCUT2D eigenvalue weighted by molar-refractivity contribution is 0.222. The summed E-state index contributed by atoms with van der Waals surface area (Å²) in [6.07, 6.45) is 9.99. The minimum atomic E-state index is 0.427. The summed E-state index contributed by atoms with van der Waals surface area (Å²) in [4.78, 5) is 2.60. The van der Waals surface area contributed by atoms with Crippen LogP contribution in [0.5, 0.6) is 0 Å². The summed E-state index contributed by atoms with van der Waals surface area (Å²) in [6, 6.07) is 1.05. The number of nitrogens with zero attached hydrogens (tertiary/aromatic N) is 1. The van der Waals surface area contributed by atoms with Gasteiger partial charge in [-0.1, -0.05) is 32.1 Å². The smallest absolute Gasteiger partial charge is 0.0219 e. The van der Waals surface area contributed by atoms with Crippen molar-refractivity contribution in [2.45, 2.75) is 64.0 Å². The Morgan fingerprint density at radius 2 is 1.87 bits per heavy atom. The predicted molar refractivity (Wildman–Crippen MR) is 64.8 cm³/mol. The zero-order valence-corrected chi connectivity index (χ0v) is 10.1. The van der Waals surface area contributed by atoms with Gasteiger partial charge in [-0.05, 0) is 32.2 Å². The number of hydrogen-bond donors (Lipinski definition) is 1. The molecule has 2 nitrogen and oxygen atoms in total. The molecule has 2 heteroatoms. The van der Waals surface area contributed by atoms with Crippen LogP contribution < -0.4 is 5.73 Å². The van der Waals surface area contributed by atoms with Crippen molar-refractivity contribution in [2.75, 3.05) is 13.1 Å². The second-order valence-corrected chi connectivity index (χ2v) is 5.52. The highest BCUT2D eigenvalue weighted by atomic mass is 15.2. The van der Waals surface area contributed by atoms with Crippen molar-refractivity contribution in [3.63, 3.8) is 0 Å². The summed E-state index contributed by atoms with van der Waals surface area (Å²) < 4.78 is 0. The largest absolute Gasteiger partial charge is 0.326 e. The molecule has 15 heavy (non-hydrogen) atoms. The van der Waals surface area contributed by atoms with Gasteiger partial charge in [0.2, 0.25) is 0 Å². The fraction of sp³-hybridized carbons (Fsp3) is 1.00. The maximum absolute atomic E-state index is 6.04. The number of likely N-dealkylation sites (tertiary alicyclic amines) is 1. The minimum Gasteiger partial charge on any atom is -0.326 e. The highest BCUT2D eigenvalue weighted by molar-refractivity contribution is 4.86. The Morgan fingerprint density at radius 1 is 1.13 bits per heavy atom. The third kappa shape index (κ3) is 2.94. The van der Waals surface area contributed by atoms with Crippen LogP contribution in [0.2, 0.25) is 0 Å². The second kappa shape index (κ2) is 5.31. The summed E-state index contributed by atoms with van der Waals surface area (Å²) in [5.41, 5.74) is 6.04. The van der Waals surface area contributed by atoms with Gasteiger partial charge in [0.15, 0.2) is 0 Å². The van der Waals surface area contributed by atoms with Crippen LogP contribution in [0.3, 0.4) is 0 Å². The van der Waals surface area contributed by atoms with Crippen LogP contribution in [0.1, 0.15) is 51.9 Å². The molecule has 0 spiro atoms. The molecule has 2 aliphatic rings. The topological polar surface area (TPSA) is 29.3 Å².